The molecule has 0 bridgehead atoms. The Morgan fingerprint density at radius 2 is 1.94 bits per heavy atom. The van der Waals surface area contributed by atoms with E-state index in [2.05, 4.69) is 12.2 Å². The summed E-state index contributed by atoms with van der Waals surface area (Å²) in [7, 11) is 1.41. The van der Waals surface area contributed by atoms with Gasteiger partial charge < -0.3 is 4.74 Å². The molecule has 3 nitrogen and oxygen atoms in total. The smallest absolute Gasteiger partial charge is 0.330 e. The summed E-state index contributed by atoms with van der Waals surface area (Å²) in [4.78, 5) is 12.1. The van der Waals surface area contributed by atoms with Gasteiger partial charge in [-0.05, 0) is 37.1 Å². The Kier molecular flexibility index (Phi) is 5.63. The first kappa shape index (κ1) is 15.0. The molecule has 0 saturated heterocycles. The number of halogens is 1. The second kappa shape index (κ2) is 6.76. The van der Waals surface area contributed by atoms with Gasteiger partial charge in [0.15, 0.2) is 0 Å². The number of esters is 1. The number of rotatable bonds is 6. The molecule has 0 aliphatic rings. The summed E-state index contributed by atoms with van der Waals surface area (Å²) in [5.41, 5.74) is 0.102. The van der Waals surface area contributed by atoms with Crippen LogP contribution in [0.15, 0.2) is 24.3 Å². The van der Waals surface area contributed by atoms with Gasteiger partial charge >= 0.3 is 5.97 Å². The van der Waals surface area contributed by atoms with E-state index < -0.39 is 5.54 Å². The summed E-state index contributed by atoms with van der Waals surface area (Å²) in [5.74, 6) is -0.263. The highest BCUT2D eigenvalue weighted by molar-refractivity contribution is 6.30. The molecular formula is C14H20ClNO2. The summed E-state index contributed by atoms with van der Waals surface area (Å²) < 4.78 is 4.95. The molecule has 1 N–H and O–H groups in total. The maximum atomic E-state index is 12.1. The Balaban J connectivity index is 3.16. The normalized spacial score (nSPS) is 14.0. The minimum Gasteiger partial charge on any atom is -0.467 e. The predicted octanol–water partition coefficient (Wildman–Crippen LogP) is 3.12. The van der Waals surface area contributed by atoms with Crippen molar-refractivity contribution in [2.75, 3.05) is 13.7 Å². The third-order valence-corrected chi connectivity index (χ3v) is 3.33. The van der Waals surface area contributed by atoms with Gasteiger partial charge in [0.25, 0.3) is 0 Å². The molecular weight excluding hydrogens is 250 g/mol. The zero-order valence-corrected chi connectivity index (χ0v) is 11.9. The average molecular weight is 270 g/mol. The molecule has 1 aromatic rings. The lowest BCUT2D eigenvalue weighted by Crippen LogP contribution is -2.49. The van der Waals surface area contributed by atoms with Crippen molar-refractivity contribution in [1.29, 1.82) is 0 Å². The van der Waals surface area contributed by atoms with E-state index in [9.17, 15) is 4.79 Å². The molecule has 0 spiro atoms. The van der Waals surface area contributed by atoms with Crippen LogP contribution in [0.5, 0.6) is 0 Å². The zero-order valence-electron chi connectivity index (χ0n) is 11.1. The lowest BCUT2D eigenvalue weighted by Gasteiger charge is -2.31. The first-order valence-corrected chi connectivity index (χ1v) is 6.58. The van der Waals surface area contributed by atoms with E-state index >= 15 is 0 Å². The van der Waals surface area contributed by atoms with Gasteiger partial charge in [0.05, 0.1) is 7.11 Å². The van der Waals surface area contributed by atoms with E-state index in [0.29, 0.717) is 11.4 Å². The van der Waals surface area contributed by atoms with Gasteiger partial charge in [-0.1, -0.05) is 37.6 Å². The third-order valence-electron chi connectivity index (χ3n) is 3.08. The van der Waals surface area contributed by atoms with Crippen molar-refractivity contribution >= 4 is 17.6 Å². The molecule has 1 rings (SSSR count). The molecule has 0 fully saturated rings. The zero-order chi connectivity index (χ0) is 13.6. The second-order valence-corrected chi connectivity index (χ2v) is 4.62. The van der Waals surface area contributed by atoms with Crippen LogP contribution < -0.4 is 5.32 Å². The van der Waals surface area contributed by atoms with Gasteiger partial charge in [-0.3, -0.25) is 5.32 Å². The topological polar surface area (TPSA) is 38.3 Å². The van der Waals surface area contributed by atoms with E-state index in [0.717, 1.165) is 18.5 Å². The summed E-state index contributed by atoms with van der Waals surface area (Å²) in [6.07, 6.45) is 1.58. The Morgan fingerprint density at radius 1 is 1.33 bits per heavy atom. The number of hydrogen-bond acceptors (Lipinski definition) is 3. The Hall–Kier alpha value is -1.06. The SMILES string of the molecule is CCCNC(CC)(C(=O)OC)c1ccc(Cl)cc1. The van der Waals surface area contributed by atoms with Gasteiger partial charge in [0.2, 0.25) is 0 Å². The predicted molar refractivity (Wildman–Crippen MR) is 73.7 cm³/mol. The van der Waals surface area contributed by atoms with Crippen LogP contribution in [-0.2, 0) is 15.1 Å². The first-order chi connectivity index (χ1) is 8.60. The van der Waals surface area contributed by atoms with Crippen molar-refractivity contribution in [3.8, 4) is 0 Å². The molecule has 0 heterocycles. The minimum atomic E-state index is -0.782. The molecule has 18 heavy (non-hydrogen) atoms. The third kappa shape index (κ3) is 3.03. The van der Waals surface area contributed by atoms with Crippen LogP contribution >= 0.6 is 11.6 Å². The van der Waals surface area contributed by atoms with E-state index in [1.807, 2.05) is 19.1 Å². The van der Waals surface area contributed by atoms with Gasteiger partial charge in [-0.2, -0.15) is 0 Å². The van der Waals surface area contributed by atoms with Crippen LogP contribution in [-0.4, -0.2) is 19.6 Å². The molecule has 0 aromatic heterocycles. The molecule has 0 radical (unpaired) electrons. The van der Waals surface area contributed by atoms with E-state index in [1.165, 1.54) is 7.11 Å². The monoisotopic (exact) mass is 269 g/mol. The van der Waals surface area contributed by atoms with Crippen molar-refractivity contribution in [2.24, 2.45) is 0 Å². The van der Waals surface area contributed by atoms with Crippen molar-refractivity contribution in [3.05, 3.63) is 34.9 Å². The van der Waals surface area contributed by atoms with Gasteiger partial charge in [-0.15, -0.1) is 0 Å². The quantitative estimate of drug-likeness (QED) is 0.807. The van der Waals surface area contributed by atoms with Crippen LogP contribution in [0.25, 0.3) is 0 Å². The first-order valence-electron chi connectivity index (χ1n) is 6.20. The summed E-state index contributed by atoms with van der Waals surface area (Å²) in [5, 5.41) is 3.96. The Morgan fingerprint density at radius 3 is 2.39 bits per heavy atom. The van der Waals surface area contributed by atoms with Crippen LogP contribution in [0.1, 0.15) is 32.3 Å². The lowest BCUT2D eigenvalue weighted by molar-refractivity contribution is -0.149. The van der Waals surface area contributed by atoms with E-state index in [4.69, 9.17) is 16.3 Å². The minimum absolute atomic E-state index is 0.263. The molecule has 100 valence electrons. The van der Waals surface area contributed by atoms with Crippen molar-refractivity contribution in [3.63, 3.8) is 0 Å². The van der Waals surface area contributed by atoms with Crippen molar-refractivity contribution < 1.29 is 9.53 Å². The molecule has 1 aromatic carbocycles. The van der Waals surface area contributed by atoms with Crippen LogP contribution in [0, 0.1) is 0 Å². The fraction of sp³-hybridized carbons (Fsp3) is 0.500. The summed E-state index contributed by atoms with van der Waals surface area (Å²) in [6.45, 7) is 4.78. The van der Waals surface area contributed by atoms with Crippen molar-refractivity contribution in [2.45, 2.75) is 32.2 Å². The summed E-state index contributed by atoms with van der Waals surface area (Å²) >= 11 is 5.89. The summed E-state index contributed by atoms with van der Waals surface area (Å²) in [6, 6.07) is 7.31. The van der Waals surface area contributed by atoms with Crippen LogP contribution in [0.3, 0.4) is 0 Å². The number of ether oxygens (including phenoxy) is 1. The van der Waals surface area contributed by atoms with E-state index in [1.54, 1.807) is 12.1 Å². The van der Waals surface area contributed by atoms with Crippen molar-refractivity contribution in [1.82, 2.24) is 5.32 Å². The Bertz CT molecular complexity index is 391. The maximum Gasteiger partial charge on any atom is 0.330 e. The standard InChI is InChI=1S/C14H20ClNO2/c1-4-10-16-14(5-2,13(17)18-3)11-6-8-12(15)9-7-11/h6-9,16H,4-5,10H2,1-3H3. The van der Waals surface area contributed by atoms with Crippen LogP contribution in [0.4, 0.5) is 0 Å². The fourth-order valence-electron chi connectivity index (χ4n) is 2.01. The molecule has 0 aliphatic carbocycles. The van der Waals surface area contributed by atoms with Crippen LogP contribution in [0.2, 0.25) is 5.02 Å². The van der Waals surface area contributed by atoms with E-state index in [-0.39, 0.29) is 5.97 Å². The van der Waals surface area contributed by atoms with Gasteiger partial charge in [0, 0.05) is 5.02 Å². The molecule has 4 heteroatoms. The number of benzene rings is 1. The Labute approximate surface area is 113 Å². The molecule has 1 atom stereocenters. The molecule has 0 aliphatic heterocycles. The van der Waals surface area contributed by atoms with Gasteiger partial charge in [-0.25, -0.2) is 4.79 Å². The number of hydrogen-bond donors (Lipinski definition) is 1. The largest absolute Gasteiger partial charge is 0.467 e. The molecule has 0 amide bonds. The number of methoxy groups -OCH3 is 1. The average Bonchev–Trinajstić information content (AvgIpc) is 2.41. The highest BCUT2D eigenvalue weighted by Gasteiger charge is 2.38. The lowest BCUT2D eigenvalue weighted by atomic mass is 9.87. The fourth-order valence-corrected chi connectivity index (χ4v) is 2.14. The maximum absolute atomic E-state index is 12.1. The highest BCUT2D eigenvalue weighted by atomic mass is 35.5. The number of nitrogens with one attached hydrogen (secondary N) is 1. The molecule has 0 saturated carbocycles. The second-order valence-electron chi connectivity index (χ2n) is 4.18. The molecule has 1 unspecified atom stereocenters. The highest BCUT2D eigenvalue weighted by Crippen LogP contribution is 2.28. The number of carbonyl (C=O) groups excluding carboxylic acids is 1. The van der Waals surface area contributed by atoms with Gasteiger partial charge in [0.1, 0.15) is 5.54 Å². The number of carbonyl (C=O) groups is 1.